The number of benzene rings is 1. The molecule has 29 heavy (non-hydrogen) atoms. The first-order valence-corrected chi connectivity index (χ1v) is 8.22. The highest BCUT2D eigenvalue weighted by Crippen LogP contribution is 2.37. The molecule has 2 aromatic heterocycles. The normalized spacial score (nSPS) is 15.2. The van der Waals surface area contributed by atoms with Crippen LogP contribution in [0.4, 0.5) is 0 Å². The standard InChI is InChI=1S/C17H12Cl2N6O4/c1-7(2)9-5-13(22-23-15(9)26)29-14-10(18)3-8(4-11(14)19)25-17(28)21-16(27)12(6-20)24-25/h3-5,7H,1-2H3,(H,23,26)(H,21,27,28)/i1D3,2D3,3D. The fourth-order valence-corrected chi connectivity index (χ4v) is 2.63. The van der Waals surface area contributed by atoms with Crippen LogP contribution in [-0.2, 0) is 0 Å². The van der Waals surface area contributed by atoms with Crippen LogP contribution in [0.1, 0.15) is 40.5 Å². The summed E-state index contributed by atoms with van der Waals surface area (Å²) in [6.07, 6.45) is 0. The fraction of sp³-hybridized carbons (Fsp3) is 0.176. The van der Waals surface area contributed by atoms with Crippen molar-refractivity contribution in [2.75, 3.05) is 0 Å². The number of nitrogens with zero attached hydrogens (tertiary/aromatic N) is 4. The molecule has 0 spiro atoms. The monoisotopic (exact) mass is 441 g/mol. The molecule has 1 aromatic carbocycles. The summed E-state index contributed by atoms with van der Waals surface area (Å²) in [7, 11) is 0. The fourth-order valence-electron chi connectivity index (χ4n) is 2.11. The molecule has 0 aliphatic heterocycles. The van der Waals surface area contributed by atoms with Gasteiger partial charge in [0.15, 0.2) is 5.75 Å². The van der Waals surface area contributed by atoms with Gasteiger partial charge in [0, 0.05) is 19.9 Å². The second-order valence-electron chi connectivity index (χ2n) is 5.30. The van der Waals surface area contributed by atoms with Crippen molar-refractivity contribution in [2.45, 2.75) is 19.6 Å². The quantitative estimate of drug-likeness (QED) is 0.629. The molecule has 0 saturated heterocycles. The lowest BCUT2D eigenvalue weighted by Gasteiger charge is -2.12. The van der Waals surface area contributed by atoms with Crippen LogP contribution in [0, 0.1) is 11.3 Å². The first-order valence-electron chi connectivity index (χ1n) is 11.0. The molecule has 2 N–H and O–H groups in total. The molecule has 148 valence electrons. The molecule has 0 atom stereocenters. The summed E-state index contributed by atoms with van der Waals surface area (Å²) >= 11 is 12.4. The smallest absolute Gasteiger partial charge is 0.349 e. The van der Waals surface area contributed by atoms with Gasteiger partial charge in [0.2, 0.25) is 11.6 Å². The van der Waals surface area contributed by atoms with Crippen LogP contribution in [0.15, 0.2) is 32.6 Å². The Bertz CT molecular complexity index is 1560. The molecule has 0 radical (unpaired) electrons. The van der Waals surface area contributed by atoms with Crippen molar-refractivity contribution in [3.8, 4) is 23.4 Å². The summed E-state index contributed by atoms with van der Waals surface area (Å²) in [6.45, 7) is -6.16. The van der Waals surface area contributed by atoms with E-state index >= 15 is 0 Å². The van der Waals surface area contributed by atoms with Gasteiger partial charge in [-0.15, -0.1) is 10.2 Å². The topological polar surface area (TPSA) is 147 Å². The van der Waals surface area contributed by atoms with Crippen LogP contribution in [0.25, 0.3) is 5.69 Å². The summed E-state index contributed by atoms with van der Waals surface area (Å²) in [6, 6.07) is 2.68. The molecule has 0 saturated carbocycles. The van der Waals surface area contributed by atoms with Gasteiger partial charge in [-0.1, -0.05) is 36.9 Å². The Kier molecular flexibility index (Phi) is 3.52. The van der Waals surface area contributed by atoms with Crippen molar-refractivity contribution in [2.24, 2.45) is 0 Å². The molecular weight excluding hydrogens is 423 g/mol. The molecule has 0 fully saturated rings. The highest BCUT2D eigenvalue weighted by molar-refractivity contribution is 6.37. The van der Waals surface area contributed by atoms with Crippen LogP contribution in [-0.4, -0.2) is 25.0 Å². The SMILES string of the molecule is [2H]c1c(-n2nc(C#N)c(=O)[nH]c2=O)cc(Cl)c(Oc2cc(C(C([2H])([2H])[2H])C([2H])([2H])[2H])c(=O)[nH]n2)c1Cl. The summed E-state index contributed by atoms with van der Waals surface area (Å²) in [5.74, 6) is -3.10. The minimum atomic E-state index is -3.08. The number of halogens is 2. The third-order valence-corrected chi connectivity index (χ3v) is 3.95. The summed E-state index contributed by atoms with van der Waals surface area (Å²) in [5, 5.41) is 17.2. The number of rotatable bonds is 4. The number of hydrogen-bond acceptors (Lipinski definition) is 7. The number of nitriles is 1. The van der Waals surface area contributed by atoms with E-state index in [4.69, 9.17) is 42.8 Å². The molecule has 0 aliphatic carbocycles. The van der Waals surface area contributed by atoms with E-state index in [-0.39, 0.29) is 10.7 Å². The summed E-state index contributed by atoms with van der Waals surface area (Å²) in [5.41, 5.74) is -4.90. The largest absolute Gasteiger partial charge is 0.434 e. The first-order chi connectivity index (χ1) is 16.6. The number of nitrogens with one attached hydrogen (secondary N) is 2. The van der Waals surface area contributed by atoms with Crippen molar-refractivity contribution in [1.29, 1.82) is 5.26 Å². The number of ether oxygens (including phenoxy) is 1. The van der Waals surface area contributed by atoms with E-state index in [1.807, 2.05) is 10.1 Å². The molecule has 12 heteroatoms. The predicted molar refractivity (Wildman–Crippen MR) is 104 cm³/mol. The van der Waals surface area contributed by atoms with Gasteiger partial charge in [-0.05, 0) is 18.0 Å². The van der Waals surface area contributed by atoms with Crippen LogP contribution in [0.2, 0.25) is 10.0 Å². The van der Waals surface area contributed by atoms with Crippen LogP contribution < -0.4 is 21.5 Å². The summed E-state index contributed by atoms with van der Waals surface area (Å²) < 4.78 is 59.5. The van der Waals surface area contributed by atoms with Gasteiger partial charge in [0.1, 0.15) is 6.07 Å². The highest BCUT2D eigenvalue weighted by atomic mass is 35.5. The molecule has 0 bridgehead atoms. The van der Waals surface area contributed by atoms with Crippen LogP contribution >= 0.6 is 23.2 Å². The minimum absolute atomic E-state index is 0.331. The molecule has 0 unspecified atom stereocenters. The number of H-pyrrole nitrogens is 2. The van der Waals surface area contributed by atoms with Gasteiger partial charge in [0.25, 0.3) is 11.1 Å². The van der Waals surface area contributed by atoms with E-state index in [9.17, 15) is 14.4 Å². The Labute approximate surface area is 182 Å². The predicted octanol–water partition coefficient (Wildman–Crippen LogP) is 2.10. The molecule has 10 nitrogen and oxygen atoms in total. The maximum absolute atomic E-state index is 12.2. The highest BCUT2D eigenvalue weighted by Gasteiger charge is 2.16. The van der Waals surface area contributed by atoms with E-state index < -0.39 is 70.4 Å². The van der Waals surface area contributed by atoms with E-state index in [2.05, 4.69) is 10.2 Å². The van der Waals surface area contributed by atoms with E-state index in [0.29, 0.717) is 4.68 Å². The van der Waals surface area contributed by atoms with E-state index in [1.165, 1.54) is 6.07 Å². The number of aromatic amines is 2. The lowest BCUT2D eigenvalue weighted by molar-refractivity contribution is 0.452. The number of aromatic nitrogens is 5. The zero-order chi connectivity index (χ0) is 27.2. The van der Waals surface area contributed by atoms with E-state index in [1.54, 1.807) is 0 Å². The van der Waals surface area contributed by atoms with Crippen molar-refractivity contribution in [1.82, 2.24) is 25.0 Å². The Morgan fingerprint density at radius 2 is 2.03 bits per heavy atom. The first kappa shape index (κ1) is 12.9. The summed E-state index contributed by atoms with van der Waals surface area (Å²) in [4.78, 5) is 37.8. The Balaban J connectivity index is 2.13. The average molecular weight is 442 g/mol. The molecule has 0 amide bonds. The Morgan fingerprint density at radius 3 is 2.72 bits per heavy atom. The zero-order valence-corrected chi connectivity index (χ0v) is 15.4. The van der Waals surface area contributed by atoms with E-state index in [0.717, 1.165) is 12.1 Å². The Hall–Kier alpha value is -3.42. The minimum Gasteiger partial charge on any atom is -0.434 e. The van der Waals surface area contributed by atoms with Crippen molar-refractivity contribution < 1.29 is 14.3 Å². The third-order valence-electron chi connectivity index (χ3n) is 3.41. The van der Waals surface area contributed by atoms with Crippen LogP contribution in [0.3, 0.4) is 0 Å². The van der Waals surface area contributed by atoms with Gasteiger partial charge in [-0.3, -0.25) is 14.6 Å². The average Bonchev–Trinajstić information content (AvgIpc) is 2.74. The van der Waals surface area contributed by atoms with Gasteiger partial charge >= 0.3 is 5.69 Å². The molecule has 2 heterocycles. The molecular formula is C17H12Cl2N6O4. The molecule has 3 aromatic rings. The second-order valence-corrected chi connectivity index (χ2v) is 6.09. The third kappa shape index (κ3) is 4.06. The van der Waals surface area contributed by atoms with Gasteiger partial charge in [-0.25, -0.2) is 9.89 Å². The lowest BCUT2D eigenvalue weighted by Crippen LogP contribution is -2.33. The maximum Gasteiger partial charge on any atom is 0.349 e. The van der Waals surface area contributed by atoms with Crippen molar-refractivity contribution in [3.05, 3.63) is 70.7 Å². The van der Waals surface area contributed by atoms with Gasteiger partial charge < -0.3 is 4.74 Å². The lowest BCUT2D eigenvalue weighted by atomic mass is 10.1. The molecule has 0 aliphatic rings. The number of hydrogen-bond donors (Lipinski definition) is 2. The van der Waals surface area contributed by atoms with Gasteiger partial charge in [0.05, 0.1) is 17.1 Å². The van der Waals surface area contributed by atoms with Gasteiger partial charge in [-0.2, -0.15) is 9.94 Å². The van der Waals surface area contributed by atoms with Crippen molar-refractivity contribution >= 4 is 23.2 Å². The zero-order valence-electron chi connectivity index (χ0n) is 20.9. The van der Waals surface area contributed by atoms with Crippen molar-refractivity contribution in [3.63, 3.8) is 0 Å². The van der Waals surface area contributed by atoms with Crippen LogP contribution in [0.5, 0.6) is 11.6 Å². The molecule has 3 rings (SSSR count). The maximum atomic E-state index is 12.2. The second kappa shape index (κ2) is 7.90. The Morgan fingerprint density at radius 1 is 1.28 bits per heavy atom.